The SMILES string of the molecule is CCNc1ncc(-c2ccc(Oc3ncc(NC(=O)Nc4cc(C(F)(F)F)ccc4-n4ccnc4)cn3)cc2)s1. The minimum atomic E-state index is -4.58. The van der Waals surface area contributed by atoms with Crippen molar-refractivity contribution in [3.05, 3.63) is 85.3 Å². The summed E-state index contributed by atoms with van der Waals surface area (Å²) in [6.45, 7) is 2.80. The third-order valence-corrected chi connectivity index (χ3v) is 6.43. The van der Waals surface area contributed by atoms with E-state index in [9.17, 15) is 18.0 Å². The zero-order chi connectivity index (χ0) is 28.1. The number of imidazole rings is 1. The molecule has 3 heterocycles. The maximum absolute atomic E-state index is 13.3. The average Bonchev–Trinajstić information content (AvgIpc) is 3.63. The molecule has 3 N–H and O–H groups in total. The third-order valence-electron chi connectivity index (χ3n) is 5.42. The van der Waals surface area contributed by atoms with Crippen molar-refractivity contribution < 1.29 is 22.7 Å². The highest BCUT2D eigenvalue weighted by Gasteiger charge is 2.31. The third kappa shape index (κ3) is 6.35. The van der Waals surface area contributed by atoms with Crippen molar-refractivity contribution in [3.8, 4) is 27.9 Å². The Balaban J connectivity index is 1.22. The van der Waals surface area contributed by atoms with Gasteiger partial charge in [-0.2, -0.15) is 13.2 Å². The van der Waals surface area contributed by atoms with Crippen LogP contribution in [0.5, 0.6) is 11.8 Å². The minimum absolute atomic E-state index is 0.0474. The summed E-state index contributed by atoms with van der Waals surface area (Å²) in [5.41, 5.74) is 0.524. The quantitative estimate of drug-likeness (QED) is 0.192. The molecule has 0 saturated carbocycles. The van der Waals surface area contributed by atoms with Gasteiger partial charge < -0.3 is 25.3 Å². The molecule has 0 bridgehead atoms. The summed E-state index contributed by atoms with van der Waals surface area (Å²) in [4.78, 5) is 30.0. The standard InChI is InChI=1S/C26H21F3N8O2S/c1-2-31-25-34-14-22(40-25)16-3-6-19(7-4-16)39-24-32-12-18(13-33-24)35-23(38)36-20-11-17(26(27,28)29)5-8-21(20)37-10-9-30-15-37/h3-15H,2H2,1H3,(H,31,34)(H2,35,36,38). The van der Waals surface area contributed by atoms with Crippen molar-refractivity contribution in [3.63, 3.8) is 0 Å². The van der Waals surface area contributed by atoms with Gasteiger partial charge in [0.25, 0.3) is 0 Å². The number of amides is 2. The van der Waals surface area contributed by atoms with E-state index in [0.717, 1.165) is 34.2 Å². The molecule has 40 heavy (non-hydrogen) atoms. The molecule has 14 heteroatoms. The molecule has 0 aliphatic rings. The molecular formula is C26H21F3N8O2S. The number of halogens is 3. The number of anilines is 3. The lowest BCUT2D eigenvalue weighted by atomic mass is 10.1. The van der Waals surface area contributed by atoms with E-state index in [0.29, 0.717) is 11.4 Å². The number of aromatic nitrogens is 5. The molecule has 3 aromatic heterocycles. The van der Waals surface area contributed by atoms with E-state index in [-0.39, 0.29) is 17.4 Å². The number of ether oxygens (including phenoxy) is 1. The monoisotopic (exact) mass is 566 g/mol. The van der Waals surface area contributed by atoms with Crippen molar-refractivity contribution in [2.75, 3.05) is 22.5 Å². The van der Waals surface area contributed by atoms with Crippen LogP contribution in [0, 0.1) is 0 Å². The van der Waals surface area contributed by atoms with E-state index in [1.165, 1.54) is 35.6 Å². The first-order valence-electron chi connectivity index (χ1n) is 11.9. The molecule has 0 aliphatic carbocycles. The molecule has 0 atom stereocenters. The maximum atomic E-state index is 13.3. The summed E-state index contributed by atoms with van der Waals surface area (Å²) in [7, 11) is 0. The van der Waals surface area contributed by atoms with Crippen molar-refractivity contribution in [1.29, 1.82) is 0 Å². The molecule has 0 fully saturated rings. The first kappa shape index (κ1) is 26.6. The molecule has 5 rings (SSSR count). The van der Waals surface area contributed by atoms with Crippen LogP contribution in [0.4, 0.5) is 34.5 Å². The molecule has 0 spiro atoms. The van der Waals surface area contributed by atoms with E-state index in [2.05, 4.69) is 35.9 Å². The maximum Gasteiger partial charge on any atom is 0.416 e. The molecule has 0 radical (unpaired) electrons. The van der Waals surface area contributed by atoms with Crippen molar-refractivity contribution >= 4 is 33.9 Å². The second kappa shape index (κ2) is 11.4. The van der Waals surface area contributed by atoms with Gasteiger partial charge in [0.2, 0.25) is 0 Å². The van der Waals surface area contributed by atoms with E-state index < -0.39 is 17.8 Å². The second-order valence-corrected chi connectivity index (χ2v) is 9.25. The summed E-state index contributed by atoms with van der Waals surface area (Å²) < 4.78 is 47.0. The Kier molecular flexibility index (Phi) is 7.59. The number of benzene rings is 2. The normalized spacial score (nSPS) is 11.2. The topological polar surface area (TPSA) is 119 Å². The average molecular weight is 567 g/mol. The summed E-state index contributed by atoms with van der Waals surface area (Å²) in [5.74, 6) is 0.509. The lowest BCUT2D eigenvalue weighted by Crippen LogP contribution is -2.21. The molecule has 10 nitrogen and oxygen atoms in total. The molecule has 0 unspecified atom stereocenters. The van der Waals surface area contributed by atoms with E-state index in [4.69, 9.17) is 4.74 Å². The first-order chi connectivity index (χ1) is 19.3. The van der Waals surface area contributed by atoms with Gasteiger partial charge in [-0.05, 0) is 55.0 Å². The first-order valence-corrected chi connectivity index (χ1v) is 12.7. The summed E-state index contributed by atoms with van der Waals surface area (Å²) >= 11 is 1.55. The molecule has 0 saturated heterocycles. The van der Waals surface area contributed by atoms with Gasteiger partial charge in [0.1, 0.15) is 5.75 Å². The Morgan fingerprint density at radius 3 is 2.48 bits per heavy atom. The summed E-state index contributed by atoms with van der Waals surface area (Å²) in [6.07, 6.45) is 4.28. The van der Waals surface area contributed by atoms with Gasteiger partial charge in [-0.25, -0.2) is 24.7 Å². The summed E-state index contributed by atoms with van der Waals surface area (Å²) in [6, 6.07) is 9.63. The Morgan fingerprint density at radius 1 is 1.02 bits per heavy atom. The van der Waals surface area contributed by atoms with Gasteiger partial charge in [-0.1, -0.05) is 11.3 Å². The number of hydrogen-bond acceptors (Lipinski definition) is 8. The Hall–Kier alpha value is -4.98. The number of alkyl halides is 3. The number of thiazole rings is 1. The molecule has 2 aromatic carbocycles. The zero-order valence-corrected chi connectivity index (χ0v) is 21.6. The van der Waals surface area contributed by atoms with Gasteiger partial charge in [0.15, 0.2) is 5.13 Å². The van der Waals surface area contributed by atoms with Gasteiger partial charge >= 0.3 is 18.2 Å². The van der Waals surface area contributed by atoms with Crippen LogP contribution in [-0.4, -0.2) is 37.1 Å². The smallest absolute Gasteiger partial charge is 0.416 e. The molecule has 0 aliphatic heterocycles. The predicted octanol–water partition coefficient (Wildman–Crippen LogP) is 6.67. The Morgan fingerprint density at radius 2 is 1.80 bits per heavy atom. The van der Waals surface area contributed by atoms with Gasteiger partial charge in [0.05, 0.1) is 46.2 Å². The van der Waals surface area contributed by atoms with Crippen LogP contribution in [0.1, 0.15) is 12.5 Å². The Labute approximate surface area is 229 Å². The number of carbonyl (C=O) groups is 1. The number of urea groups is 1. The van der Waals surface area contributed by atoms with Crippen molar-refractivity contribution in [2.24, 2.45) is 0 Å². The van der Waals surface area contributed by atoms with E-state index in [1.807, 2.05) is 19.1 Å². The summed E-state index contributed by atoms with van der Waals surface area (Å²) in [5, 5.41) is 8.98. The van der Waals surface area contributed by atoms with E-state index in [1.54, 1.807) is 35.9 Å². The molecule has 204 valence electrons. The van der Waals surface area contributed by atoms with Crippen LogP contribution in [0.3, 0.4) is 0 Å². The number of hydrogen-bond donors (Lipinski definition) is 3. The van der Waals surface area contributed by atoms with Crippen LogP contribution in [0.15, 0.2) is 79.8 Å². The van der Waals surface area contributed by atoms with Crippen LogP contribution in [0.2, 0.25) is 0 Å². The molecule has 2 amide bonds. The zero-order valence-electron chi connectivity index (χ0n) is 20.8. The van der Waals surface area contributed by atoms with Crippen LogP contribution in [-0.2, 0) is 6.18 Å². The van der Waals surface area contributed by atoms with Crippen LogP contribution >= 0.6 is 11.3 Å². The second-order valence-electron chi connectivity index (χ2n) is 8.22. The number of rotatable bonds is 8. The highest BCUT2D eigenvalue weighted by atomic mass is 32.1. The van der Waals surface area contributed by atoms with Crippen molar-refractivity contribution in [2.45, 2.75) is 13.1 Å². The van der Waals surface area contributed by atoms with Gasteiger partial charge in [0, 0.05) is 25.1 Å². The Bertz CT molecular complexity index is 1590. The number of nitrogens with zero attached hydrogens (tertiary/aromatic N) is 5. The number of nitrogens with one attached hydrogen (secondary N) is 3. The lowest BCUT2D eigenvalue weighted by Gasteiger charge is -2.15. The highest BCUT2D eigenvalue weighted by Crippen LogP contribution is 2.34. The fourth-order valence-electron chi connectivity index (χ4n) is 3.59. The predicted molar refractivity (Wildman–Crippen MR) is 145 cm³/mol. The van der Waals surface area contributed by atoms with Crippen molar-refractivity contribution in [1.82, 2.24) is 24.5 Å². The molecular weight excluding hydrogens is 545 g/mol. The molecule has 5 aromatic rings. The van der Waals surface area contributed by atoms with Crippen LogP contribution < -0.4 is 20.7 Å². The van der Waals surface area contributed by atoms with Gasteiger partial charge in [-0.3, -0.25) is 0 Å². The minimum Gasteiger partial charge on any atom is -0.424 e. The fourth-order valence-corrected chi connectivity index (χ4v) is 4.48. The number of carbonyl (C=O) groups excluding carboxylic acids is 1. The lowest BCUT2D eigenvalue weighted by molar-refractivity contribution is -0.137. The highest BCUT2D eigenvalue weighted by molar-refractivity contribution is 7.18. The largest absolute Gasteiger partial charge is 0.424 e. The van der Waals surface area contributed by atoms with Gasteiger partial charge in [-0.15, -0.1) is 0 Å². The van der Waals surface area contributed by atoms with E-state index >= 15 is 0 Å². The van der Waals surface area contributed by atoms with Crippen LogP contribution in [0.25, 0.3) is 16.1 Å². The fraction of sp³-hybridized carbons (Fsp3) is 0.115.